The molecule has 1 aliphatic rings. The molecule has 1 fully saturated rings. The predicted molar refractivity (Wildman–Crippen MR) is 46.5 cm³/mol. The predicted octanol–water partition coefficient (Wildman–Crippen LogP) is 0.747. The molecule has 0 spiro atoms. The second kappa shape index (κ2) is 5.13. The Morgan fingerprint density at radius 1 is 1.58 bits per heavy atom. The highest BCUT2D eigenvalue weighted by molar-refractivity contribution is 4.74. The van der Waals surface area contributed by atoms with Crippen LogP contribution in [0.25, 0.3) is 0 Å². The van der Waals surface area contributed by atoms with Gasteiger partial charge in [-0.25, -0.2) is 0 Å². The Labute approximate surface area is 73.6 Å². The maximum atomic E-state index is 9.33. The van der Waals surface area contributed by atoms with E-state index in [0.29, 0.717) is 6.42 Å². The minimum atomic E-state index is -0.138. The molecule has 1 N–H and O–H groups in total. The van der Waals surface area contributed by atoms with Crippen LogP contribution >= 0.6 is 0 Å². The minimum Gasteiger partial charge on any atom is -0.392 e. The first kappa shape index (κ1) is 9.50. The number of likely N-dealkylation sites (tertiary alicyclic amines) is 1. The third-order valence-electron chi connectivity index (χ3n) is 2.24. The molecule has 0 amide bonds. The number of nitriles is 1. The fourth-order valence-electron chi connectivity index (χ4n) is 1.62. The summed E-state index contributed by atoms with van der Waals surface area (Å²) in [5, 5.41) is 17.7. The molecule has 0 saturated carbocycles. The zero-order valence-corrected chi connectivity index (χ0v) is 7.37. The zero-order valence-electron chi connectivity index (χ0n) is 7.37. The molecule has 12 heavy (non-hydrogen) atoms. The lowest BCUT2D eigenvalue weighted by atomic mass is 10.1. The number of aliphatic hydroxyl groups is 1. The maximum absolute atomic E-state index is 9.33. The van der Waals surface area contributed by atoms with Crippen molar-refractivity contribution in [1.82, 2.24) is 4.90 Å². The molecule has 0 bridgehead atoms. The first-order valence-corrected chi connectivity index (χ1v) is 4.60. The fourth-order valence-corrected chi connectivity index (χ4v) is 1.62. The van der Waals surface area contributed by atoms with Gasteiger partial charge in [-0.05, 0) is 32.4 Å². The molecule has 1 atom stereocenters. The van der Waals surface area contributed by atoms with Gasteiger partial charge in [-0.15, -0.1) is 0 Å². The summed E-state index contributed by atoms with van der Waals surface area (Å²) in [6.07, 6.45) is 3.46. The van der Waals surface area contributed by atoms with Crippen molar-refractivity contribution in [1.29, 1.82) is 5.26 Å². The van der Waals surface area contributed by atoms with E-state index in [1.807, 2.05) is 0 Å². The molecule has 3 heteroatoms. The van der Waals surface area contributed by atoms with Crippen molar-refractivity contribution < 1.29 is 5.11 Å². The third kappa shape index (κ3) is 3.21. The molecular formula is C9H16N2O. The quantitative estimate of drug-likeness (QED) is 0.632. The van der Waals surface area contributed by atoms with Crippen LogP contribution in [0.4, 0.5) is 0 Å². The second-order valence-corrected chi connectivity index (χ2v) is 3.36. The van der Waals surface area contributed by atoms with Crippen molar-refractivity contribution in [3.05, 3.63) is 0 Å². The van der Waals surface area contributed by atoms with Gasteiger partial charge in [-0.2, -0.15) is 5.26 Å². The smallest absolute Gasteiger partial charge is 0.0667 e. The maximum Gasteiger partial charge on any atom is 0.0667 e. The highest BCUT2D eigenvalue weighted by atomic mass is 16.3. The standard InChI is InChI=1S/C9H16N2O/c10-5-1-2-6-11-7-3-4-9(12)8-11/h9,12H,1-4,6-8H2/t9-/m1/s1. The van der Waals surface area contributed by atoms with E-state index in [9.17, 15) is 5.11 Å². The average Bonchev–Trinajstić information content (AvgIpc) is 2.05. The Balaban J connectivity index is 2.11. The molecule has 1 saturated heterocycles. The van der Waals surface area contributed by atoms with E-state index in [1.54, 1.807) is 0 Å². The number of unbranched alkanes of at least 4 members (excludes halogenated alkanes) is 1. The minimum absolute atomic E-state index is 0.138. The van der Waals surface area contributed by atoms with E-state index in [4.69, 9.17) is 5.26 Å². The van der Waals surface area contributed by atoms with Gasteiger partial charge < -0.3 is 10.0 Å². The largest absolute Gasteiger partial charge is 0.392 e. The van der Waals surface area contributed by atoms with Crippen molar-refractivity contribution in [2.75, 3.05) is 19.6 Å². The molecule has 0 aliphatic carbocycles. The topological polar surface area (TPSA) is 47.3 Å². The molecule has 0 aromatic rings. The van der Waals surface area contributed by atoms with E-state index in [2.05, 4.69) is 11.0 Å². The van der Waals surface area contributed by atoms with Crippen molar-refractivity contribution >= 4 is 0 Å². The molecule has 3 nitrogen and oxygen atoms in total. The van der Waals surface area contributed by atoms with E-state index in [0.717, 1.165) is 38.9 Å². The average molecular weight is 168 g/mol. The number of aliphatic hydroxyl groups excluding tert-OH is 1. The Kier molecular flexibility index (Phi) is 4.06. The molecule has 0 unspecified atom stereocenters. The van der Waals surface area contributed by atoms with Crippen LogP contribution < -0.4 is 0 Å². The van der Waals surface area contributed by atoms with Crippen LogP contribution in [-0.4, -0.2) is 35.7 Å². The Morgan fingerprint density at radius 3 is 3.08 bits per heavy atom. The molecule has 68 valence electrons. The van der Waals surface area contributed by atoms with Gasteiger partial charge in [-0.3, -0.25) is 0 Å². The van der Waals surface area contributed by atoms with Crippen molar-refractivity contribution in [2.24, 2.45) is 0 Å². The highest BCUT2D eigenvalue weighted by Gasteiger charge is 2.16. The van der Waals surface area contributed by atoms with Crippen LogP contribution in [0.5, 0.6) is 0 Å². The van der Waals surface area contributed by atoms with Crippen LogP contribution in [0, 0.1) is 11.3 Å². The Hall–Kier alpha value is -0.590. The zero-order chi connectivity index (χ0) is 8.81. The summed E-state index contributed by atoms with van der Waals surface area (Å²) in [5.74, 6) is 0. The summed E-state index contributed by atoms with van der Waals surface area (Å²) < 4.78 is 0. The van der Waals surface area contributed by atoms with Gasteiger partial charge >= 0.3 is 0 Å². The summed E-state index contributed by atoms with van der Waals surface area (Å²) in [4.78, 5) is 2.24. The van der Waals surface area contributed by atoms with Crippen LogP contribution in [0.1, 0.15) is 25.7 Å². The van der Waals surface area contributed by atoms with Gasteiger partial charge in [0.1, 0.15) is 0 Å². The van der Waals surface area contributed by atoms with Gasteiger partial charge in [0, 0.05) is 13.0 Å². The summed E-state index contributed by atoms with van der Waals surface area (Å²) in [5.41, 5.74) is 0. The van der Waals surface area contributed by atoms with Crippen LogP contribution in [0.3, 0.4) is 0 Å². The Morgan fingerprint density at radius 2 is 2.42 bits per heavy atom. The molecule has 0 aromatic carbocycles. The number of rotatable bonds is 3. The number of hydrogen-bond donors (Lipinski definition) is 1. The van der Waals surface area contributed by atoms with Gasteiger partial charge in [-0.1, -0.05) is 0 Å². The van der Waals surface area contributed by atoms with E-state index in [1.165, 1.54) is 0 Å². The van der Waals surface area contributed by atoms with Crippen molar-refractivity contribution in [3.8, 4) is 6.07 Å². The lowest BCUT2D eigenvalue weighted by Crippen LogP contribution is -2.38. The first-order chi connectivity index (χ1) is 5.83. The van der Waals surface area contributed by atoms with Gasteiger partial charge in [0.25, 0.3) is 0 Å². The molecule has 1 rings (SSSR count). The van der Waals surface area contributed by atoms with Crippen LogP contribution in [0.15, 0.2) is 0 Å². The SMILES string of the molecule is N#CCCCN1CCC[C@@H](O)C1. The molecule has 0 aromatic heterocycles. The summed E-state index contributed by atoms with van der Waals surface area (Å²) in [6, 6.07) is 2.13. The van der Waals surface area contributed by atoms with Crippen LogP contribution in [0.2, 0.25) is 0 Å². The lowest BCUT2D eigenvalue weighted by molar-refractivity contribution is 0.0704. The molecule has 0 radical (unpaired) electrons. The highest BCUT2D eigenvalue weighted by Crippen LogP contribution is 2.09. The van der Waals surface area contributed by atoms with E-state index in [-0.39, 0.29) is 6.10 Å². The fraction of sp³-hybridized carbons (Fsp3) is 0.889. The monoisotopic (exact) mass is 168 g/mol. The molecule has 1 heterocycles. The number of hydrogen-bond acceptors (Lipinski definition) is 3. The van der Waals surface area contributed by atoms with Crippen LogP contribution in [-0.2, 0) is 0 Å². The number of piperidine rings is 1. The van der Waals surface area contributed by atoms with Gasteiger partial charge in [0.15, 0.2) is 0 Å². The summed E-state index contributed by atoms with van der Waals surface area (Å²) in [7, 11) is 0. The number of β-amino-alcohol motifs (C(OH)–C–C–N with tert-alkyl or cyclic N) is 1. The third-order valence-corrected chi connectivity index (χ3v) is 2.24. The first-order valence-electron chi connectivity index (χ1n) is 4.60. The summed E-state index contributed by atoms with van der Waals surface area (Å²) in [6.45, 7) is 2.85. The molecular weight excluding hydrogens is 152 g/mol. The van der Waals surface area contributed by atoms with E-state index < -0.39 is 0 Å². The normalized spacial score (nSPS) is 25.2. The second-order valence-electron chi connectivity index (χ2n) is 3.36. The Bertz CT molecular complexity index is 164. The summed E-state index contributed by atoms with van der Waals surface area (Å²) >= 11 is 0. The van der Waals surface area contributed by atoms with Crippen molar-refractivity contribution in [3.63, 3.8) is 0 Å². The van der Waals surface area contributed by atoms with E-state index >= 15 is 0 Å². The lowest BCUT2D eigenvalue weighted by Gasteiger charge is -2.29. The molecule has 1 aliphatic heterocycles. The van der Waals surface area contributed by atoms with Crippen molar-refractivity contribution in [2.45, 2.75) is 31.8 Å². The number of nitrogens with zero attached hydrogens (tertiary/aromatic N) is 2. The van der Waals surface area contributed by atoms with Gasteiger partial charge in [0.2, 0.25) is 0 Å². The van der Waals surface area contributed by atoms with Gasteiger partial charge in [0.05, 0.1) is 12.2 Å².